The number of ether oxygens (including phenoxy) is 1. The van der Waals surface area contributed by atoms with Gasteiger partial charge in [-0.15, -0.1) is 0 Å². The SMILES string of the molecule is CCCCCCCCCCCCOc1ncnc2ccccc12. The molecule has 1 heterocycles. The summed E-state index contributed by atoms with van der Waals surface area (Å²) in [4.78, 5) is 8.51. The maximum Gasteiger partial charge on any atom is 0.224 e. The second-order valence-electron chi connectivity index (χ2n) is 6.23. The minimum absolute atomic E-state index is 0.714. The Bertz CT molecular complexity index is 551. The summed E-state index contributed by atoms with van der Waals surface area (Å²) in [5, 5.41) is 1.00. The highest BCUT2D eigenvalue weighted by atomic mass is 16.5. The number of unbranched alkanes of at least 4 members (excludes halogenated alkanes) is 9. The fourth-order valence-corrected chi connectivity index (χ4v) is 2.85. The van der Waals surface area contributed by atoms with Crippen LogP contribution in [0.1, 0.15) is 71.1 Å². The molecule has 126 valence electrons. The quantitative estimate of drug-likeness (QED) is 0.455. The molecule has 2 aromatic rings. The van der Waals surface area contributed by atoms with Crippen molar-refractivity contribution >= 4 is 10.9 Å². The minimum Gasteiger partial charge on any atom is -0.477 e. The molecular formula is C20H30N2O. The highest BCUT2D eigenvalue weighted by Gasteiger charge is 2.03. The average Bonchev–Trinajstić information content (AvgIpc) is 2.60. The first-order chi connectivity index (χ1) is 11.4. The molecule has 0 aliphatic rings. The molecule has 0 atom stereocenters. The van der Waals surface area contributed by atoms with Crippen LogP contribution in [-0.4, -0.2) is 16.6 Å². The lowest BCUT2D eigenvalue weighted by Gasteiger charge is -2.07. The number of fused-ring (bicyclic) bond motifs is 1. The number of nitrogens with zero attached hydrogens (tertiary/aromatic N) is 2. The van der Waals surface area contributed by atoms with Crippen LogP contribution in [0.5, 0.6) is 5.88 Å². The van der Waals surface area contributed by atoms with Crippen LogP contribution < -0.4 is 4.74 Å². The molecule has 0 spiro atoms. The van der Waals surface area contributed by atoms with Gasteiger partial charge in [-0.2, -0.15) is 0 Å². The van der Waals surface area contributed by atoms with Gasteiger partial charge in [0.25, 0.3) is 0 Å². The summed E-state index contributed by atoms with van der Waals surface area (Å²) in [6.45, 7) is 3.02. The van der Waals surface area contributed by atoms with Gasteiger partial charge in [0, 0.05) is 0 Å². The van der Waals surface area contributed by atoms with Gasteiger partial charge in [0.15, 0.2) is 0 Å². The zero-order valence-corrected chi connectivity index (χ0v) is 14.5. The number of hydrogen-bond donors (Lipinski definition) is 0. The van der Waals surface area contributed by atoms with E-state index in [9.17, 15) is 0 Å². The lowest BCUT2D eigenvalue weighted by molar-refractivity contribution is 0.296. The fourth-order valence-electron chi connectivity index (χ4n) is 2.85. The van der Waals surface area contributed by atoms with Gasteiger partial charge in [-0.25, -0.2) is 9.97 Å². The molecule has 1 aromatic heterocycles. The van der Waals surface area contributed by atoms with E-state index in [1.807, 2.05) is 24.3 Å². The van der Waals surface area contributed by atoms with E-state index in [2.05, 4.69) is 16.9 Å². The Morgan fingerprint density at radius 1 is 0.783 bits per heavy atom. The van der Waals surface area contributed by atoms with Gasteiger partial charge in [-0.05, 0) is 18.6 Å². The summed E-state index contributed by atoms with van der Waals surface area (Å²) >= 11 is 0. The summed E-state index contributed by atoms with van der Waals surface area (Å²) in [5.41, 5.74) is 0.945. The number of aromatic nitrogens is 2. The predicted octanol–water partition coefficient (Wildman–Crippen LogP) is 5.93. The van der Waals surface area contributed by atoms with E-state index >= 15 is 0 Å². The Morgan fingerprint density at radius 3 is 2.17 bits per heavy atom. The van der Waals surface area contributed by atoms with Crippen molar-refractivity contribution in [1.29, 1.82) is 0 Å². The first-order valence-corrected chi connectivity index (χ1v) is 9.24. The molecule has 0 aliphatic carbocycles. The summed E-state index contributed by atoms with van der Waals surface area (Å²) in [6, 6.07) is 7.99. The van der Waals surface area contributed by atoms with E-state index in [1.165, 1.54) is 57.8 Å². The van der Waals surface area contributed by atoms with Crippen LogP contribution in [0.25, 0.3) is 10.9 Å². The van der Waals surface area contributed by atoms with Gasteiger partial charge in [0.2, 0.25) is 5.88 Å². The largest absolute Gasteiger partial charge is 0.477 e. The normalized spacial score (nSPS) is 11.0. The van der Waals surface area contributed by atoms with Gasteiger partial charge in [-0.1, -0.05) is 76.8 Å². The molecule has 0 saturated heterocycles. The molecule has 3 nitrogen and oxygen atoms in total. The van der Waals surface area contributed by atoms with Crippen LogP contribution in [0.3, 0.4) is 0 Å². The summed E-state index contributed by atoms with van der Waals surface area (Å²) in [7, 11) is 0. The van der Waals surface area contributed by atoms with Gasteiger partial charge in [0.05, 0.1) is 17.5 Å². The average molecular weight is 314 g/mol. The maximum absolute atomic E-state index is 5.84. The molecule has 0 unspecified atom stereocenters. The Balaban J connectivity index is 1.54. The highest BCUT2D eigenvalue weighted by Crippen LogP contribution is 2.20. The molecule has 0 radical (unpaired) electrons. The summed E-state index contributed by atoms with van der Waals surface area (Å²) < 4.78 is 5.84. The lowest BCUT2D eigenvalue weighted by atomic mass is 10.1. The highest BCUT2D eigenvalue weighted by molar-refractivity contribution is 5.82. The second-order valence-corrected chi connectivity index (χ2v) is 6.23. The number of para-hydroxylation sites is 1. The van der Waals surface area contributed by atoms with Crippen molar-refractivity contribution < 1.29 is 4.74 Å². The Kier molecular flexibility index (Phi) is 8.46. The smallest absolute Gasteiger partial charge is 0.224 e. The molecule has 0 bridgehead atoms. The maximum atomic E-state index is 5.84. The van der Waals surface area contributed by atoms with Crippen LogP contribution in [0.2, 0.25) is 0 Å². The monoisotopic (exact) mass is 314 g/mol. The van der Waals surface area contributed by atoms with Crippen LogP contribution in [-0.2, 0) is 0 Å². The van der Waals surface area contributed by atoms with E-state index in [0.717, 1.165) is 23.9 Å². The van der Waals surface area contributed by atoms with E-state index in [0.29, 0.717) is 5.88 Å². The van der Waals surface area contributed by atoms with Gasteiger partial charge >= 0.3 is 0 Å². The van der Waals surface area contributed by atoms with Crippen LogP contribution >= 0.6 is 0 Å². The van der Waals surface area contributed by atoms with E-state index in [4.69, 9.17) is 4.74 Å². The molecule has 0 amide bonds. The first-order valence-electron chi connectivity index (χ1n) is 9.24. The first kappa shape index (κ1) is 17.7. The molecule has 0 fully saturated rings. The lowest BCUT2D eigenvalue weighted by Crippen LogP contribution is -2.00. The Hall–Kier alpha value is -1.64. The van der Waals surface area contributed by atoms with Gasteiger partial charge in [0.1, 0.15) is 6.33 Å². The van der Waals surface area contributed by atoms with E-state index in [1.54, 1.807) is 6.33 Å². The summed E-state index contributed by atoms with van der Waals surface area (Å²) in [6.07, 6.45) is 15.0. The van der Waals surface area contributed by atoms with Crippen molar-refractivity contribution in [2.24, 2.45) is 0 Å². The van der Waals surface area contributed by atoms with Gasteiger partial charge in [-0.3, -0.25) is 0 Å². The van der Waals surface area contributed by atoms with Crippen molar-refractivity contribution in [3.63, 3.8) is 0 Å². The van der Waals surface area contributed by atoms with Crippen molar-refractivity contribution in [1.82, 2.24) is 9.97 Å². The van der Waals surface area contributed by atoms with Crippen LogP contribution in [0.4, 0.5) is 0 Å². The van der Waals surface area contributed by atoms with E-state index in [-0.39, 0.29) is 0 Å². The molecule has 3 heteroatoms. The van der Waals surface area contributed by atoms with Crippen molar-refractivity contribution in [3.8, 4) is 5.88 Å². The Labute approximate surface area is 140 Å². The van der Waals surface area contributed by atoms with Crippen molar-refractivity contribution in [2.75, 3.05) is 6.61 Å². The summed E-state index contributed by atoms with van der Waals surface area (Å²) in [5.74, 6) is 0.714. The molecule has 2 rings (SSSR count). The molecule has 0 saturated carbocycles. The minimum atomic E-state index is 0.714. The Morgan fingerprint density at radius 2 is 1.43 bits per heavy atom. The molecule has 0 N–H and O–H groups in total. The third kappa shape index (κ3) is 6.55. The standard InChI is InChI=1S/C20H30N2O/c1-2-3-4-5-6-7-8-9-10-13-16-23-20-18-14-11-12-15-19(18)21-17-22-20/h11-12,14-15,17H,2-10,13,16H2,1H3. The zero-order chi connectivity index (χ0) is 16.2. The predicted molar refractivity (Wildman–Crippen MR) is 96.9 cm³/mol. The number of benzene rings is 1. The third-order valence-electron chi connectivity index (χ3n) is 4.24. The van der Waals surface area contributed by atoms with Crippen LogP contribution in [0.15, 0.2) is 30.6 Å². The number of hydrogen-bond acceptors (Lipinski definition) is 3. The molecule has 1 aromatic carbocycles. The molecule has 0 aliphatic heterocycles. The fraction of sp³-hybridized carbons (Fsp3) is 0.600. The van der Waals surface area contributed by atoms with Crippen molar-refractivity contribution in [3.05, 3.63) is 30.6 Å². The topological polar surface area (TPSA) is 35.0 Å². The third-order valence-corrected chi connectivity index (χ3v) is 4.24. The van der Waals surface area contributed by atoms with E-state index < -0.39 is 0 Å². The molecule has 23 heavy (non-hydrogen) atoms. The zero-order valence-electron chi connectivity index (χ0n) is 14.5. The van der Waals surface area contributed by atoms with Crippen LogP contribution in [0, 0.1) is 0 Å². The second kappa shape index (κ2) is 11.0. The van der Waals surface area contributed by atoms with Crippen molar-refractivity contribution in [2.45, 2.75) is 71.1 Å². The molecular weight excluding hydrogens is 284 g/mol. The number of rotatable bonds is 12. The van der Waals surface area contributed by atoms with Gasteiger partial charge < -0.3 is 4.74 Å².